The van der Waals surface area contributed by atoms with Crippen LogP contribution in [0.3, 0.4) is 0 Å². The van der Waals surface area contributed by atoms with Gasteiger partial charge in [0, 0.05) is 18.3 Å². The van der Waals surface area contributed by atoms with Gasteiger partial charge in [-0.2, -0.15) is 5.10 Å². The number of aromatic nitrogens is 2. The summed E-state index contributed by atoms with van der Waals surface area (Å²) in [4.78, 5) is 12.3. The molecule has 22 heavy (non-hydrogen) atoms. The number of aryl methyl sites for hydroxylation is 1. The Bertz CT molecular complexity index is 685. The number of ether oxygens (including phenoxy) is 1. The van der Waals surface area contributed by atoms with Crippen LogP contribution in [0.2, 0.25) is 5.02 Å². The van der Waals surface area contributed by atoms with E-state index in [0.29, 0.717) is 22.9 Å². The number of phenolic OH excluding ortho intramolecular Hbond substituents is 1. The van der Waals surface area contributed by atoms with Crippen LogP contribution in [0, 0.1) is 6.92 Å². The lowest BCUT2D eigenvalue weighted by atomic mass is 10.2. The van der Waals surface area contributed by atoms with E-state index in [4.69, 9.17) is 16.3 Å². The van der Waals surface area contributed by atoms with Gasteiger partial charge in [0.25, 0.3) is 5.91 Å². The van der Waals surface area contributed by atoms with Crippen LogP contribution in [0.25, 0.3) is 0 Å². The second-order valence-corrected chi connectivity index (χ2v) is 5.46. The first kappa shape index (κ1) is 16.3. The monoisotopic (exact) mass is 323 g/mol. The molecule has 0 aliphatic rings. The minimum Gasteiger partial charge on any atom is -0.506 e. The largest absolute Gasteiger partial charge is 0.506 e. The average molecular weight is 324 g/mol. The minimum absolute atomic E-state index is 0.0184. The number of hydrogen-bond donors (Lipinski definition) is 2. The fraction of sp³-hybridized carbons (Fsp3) is 0.333. The molecule has 2 N–H and O–H groups in total. The molecule has 0 saturated heterocycles. The van der Waals surface area contributed by atoms with Crippen LogP contribution in [0.15, 0.2) is 24.4 Å². The van der Waals surface area contributed by atoms with Crippen LogP contribution >= 0.6 is 11.6 Å². The summed E-state index contributed by atoms with van der Waals surface area (Å²) >= 11 is 5.87. The summed E-state index contributed by atoms with van der Waals surface area (Å²) in [5, 5.41) is 17.1. The molecule has 1 atom stereocenters. The fourth-order valence-corrected chi connectivity index (χ4v) is 2.22. The first-order valence-corrected chi connectivity index (χ1v) is 7.14. The molecule has 1 aromatic heterocycles. The van der Waals surface area contributed by atoms with E-state index < -0.39 is 0 Å². The summed E-state index contributed by atoms with van der Waals surface area (Å²) in [5.41, 5.74) is 1.29. The van der Waals surface area contributed by atoms with E-state index in [2.05, 4.69) is 10.4 Å². The summed E-state index contributed by atoms with van der Waals surface area (Å²) in [6, 6.07) is 4.48. The number of rotatable bonds is 5. The molecule has 0 fully saturated rings. The van der Waals surface area contributed by atoms with Gasteiger partial charge in [0.05, 0.1) is 29.6 Å². The highest BCUT2D eigenvalue weighted by Crippen LogP contribution is 2.27. The molecule has 118 valence electrons. The number of hydrogen-bond acceptors (Lipinski definition) is 4. The van der Waals surface area contributed by atoms with E-state index >= 15 is 0 Å². The Morgan fingerprint density at radius 3 is 2.95 bits per heavy atom. The lowest BCUT2D eigenvalue weighted by molar-refractivity contribution is 0.102. The van der Waals surface area contributed by atoms with Gasteiger partial charge in [-0.15, -0.1) is 0 Å². The van der Waals surface area contributed by atoms with Crippen molar-refractivity contribution in [2.45, 2.75) is 19.9 Å². The molecule has 0 aliphatic carbocycles. The molecule has 0 bridgehead atoms. The lowest BCUT2D eigenvalue weighted by Crippen LogP contribution is -2.13. The minimum atomic E-state index is -0.356. The van der Waals surface area contributed by atoms with Crippen LogP contribution in [0.1, 0.15) is 29.0 Å². The van der Waals surface area contributed by atoms with E-state index in [-0.39, 0.29) is 23.4 Å². The van der Waals surface area contributed by atoms with Crippen LogP contribution in [0.4, 0.5) is 5.69 Å². The Morgan fingerprint density at radius 2 is 2.27 bits per heavy atom. The highest BCUT2D eigenvalue weighted by Gasteiger charge is 2.17. The first-order valence-electron chi connectivity index (χ1n) is 6.77. The quantitative estimate of drug-likeness (QED) is 0.829. The molecule has 2 aromatic rings. The van der Waals surface area contributed by atoms with Gasteiger partial charge in [-0.05, 0) is 32.0 Å². The summed E-state index contributed by atoms with van der Waals surface area (Å²) in [5.74, 6) is -0.401. The van der Waals surface area contributed by atoms with E-state index in [0.717, 1.165) is 0 Å². The Kier molecular flexibility index (Phi) is 5.05. The second kappa shape index (κ2) is 6.81. The van der Waals surface area contributed by atoms with Crippen molar-refractivity contribution in [1.29, 1.82) is 0 Å². The summed E-state index contributed by atoms with van der Waals surface area (Å²) in [7, 11) is 1.61. The third-order valence-corrected chi connectivity index (χ3v) is 3.46. The van der Waals surface area contributed by atoms with Gasteiger partial charge in [-0.3, -0.25) is 9.48 Å². The molecule has 0 saturated carbocycles. The molecule has 1 heterocycles. The van der Waals surface area contributed by atoms with Crippen molar-refractivity contribution < 1.29 is 14.6 Å². The topological polar surface area (TPSA) is 76.4 Å². The maximum absolute atomic E-state index is 12.3. The van der Waals surface area contributed by atoms with Crippen LogP contribution in [0.5, 0.6) is 5.75 Å². The van der Waals surface area contributed by atoms with Crippen molar-refractivity contribution in [3.8, 4) is 5.75 Å². The molecular formula is C15H18ClN3O3. The first-order chi connectivity index (χ1) is 10.4. The maximum atomic E-state index is 12.3. The van der Waals surface area contributed by atoms with Gasteiger partial charge in [0.2, 0.25) is 0 Å². The third-order valence-electron chi connectivity index (χ3n) is 3.23. The molecule has 1 amide bonds. The van der Waals surface area contributed by atoms with E-state index in [1.165, 1.54) is 12.1 Å². The Balaban J connectivity index is 2.21. The zero-order valence-corrected chi connectivity index (χ0v) is 13.4. The number of halogens is 1. The number of anilines is 1. The Labute approximate surface area is 133 Å². The summed E-state index contributed by atoms with van der Waals surface area (Å²) in [6.45, 7) is 4.19. The van der Waals surface area contributed by atoms with Gasteiger partial charge in [-0.25, -0.2) is 0 Å². The number of methoxy groups -OCH3 is 1. The van der Waals surface area contributed by atoms with Crippen molar-refractivity contribution in [2.75, 3.05) is 19.0 Å². The number of benzene rings is 1. The predicted molar refractivity (Wildman–Crippen MR) is 84.6 cm³/mol. The van der Waals surface area contributed by atoms with E-state index in [9.17, 15) is 9.90 Å². The maximum Gasteiger partial charge on any atom is 0.259 e. The highest BCUT2D eigenvalue weighted by molar-refractivity contribution is 6.31. The molecule has 6 nitrogen and oxygen atoms in total. The molecule has 7 heteroatoms. The van der Waals surface area contributed by atoms with Gasteiger partial charge in [0.15, 0.2) is 0 Å². The van der Waals surface area contributed by atoms with Crippen LogP contribution < -0.4 is 5.32 Å². The number of amides is 1. The molecule has 1 aromatic carbocycles. The molecule has 0 radical (unpaired) electrons. The number of nitrogens with one attached hydrogen (secondary N) is 1. The van der Waals surface area contributed by atoms with Gasteiger partial charge in [-0.1, -0.05) is 11.6 Å². The summed E-state index contributed by atoms with van der Waals surface area (Å²) in [6.07, 6.45) is 1.66. The number of carbonyl (C=O) groups is 1. The lowest BCUT2D eigenvalue weighted by Gasteiger charge is -2.10. The zero-order valence-electron chi connectivity index (χ0n) is 12.6. The smallest absolute Gasteiger partial charge is 0.259 e. The second-order valence-electron chi connectivity index (χ2n) is 5.03. The number of carbonyl (C=O) groups excluding carboxylic acids is 1. The zero-order chi connectivity index (χ0) is 16.3. The Morgan fingerprint density at radius 1 is 1.55 bits per heavy atom. The van der Waals surface area contributed by atoms with Gasteiger partial charge in [0.1, 0.15) is 5.75 Å². The normalized spacial score (nSPS) is 12.2. The molecule has 0 unspecified atom stereocenters. The van der Waals surface area contributed by atoms with Gasteiger partial charge >= 0.3 is 0 Å². The van der Waals surface area contributed by atoms with Gasteiger partial charge < -0.3 is 15.2 Å². The number of aromatic hydroxyl groups is 1. The highest BCUT2D eigenvalue weighted by atomic mass is 35.5. The molecular weight excluding hydrogens is 306 g/mol. The SMILES string of the molecule is COC[C@H](C)n1cc(C(=O)Nc2cc(Cl)ccc2O)c(C)n1. The number of phenols is 1. The van der Waals surface area contributed by atoms with Crippen molar-refractivity contribution in [1.82, 2.24) is 9.78 Å². The fourth-order valence-electron chi connectivity index (χ4n) is 2.05. The Hall–Kier alpha value is -2.05. The average Bonchev–Trinajstić information content (AvgIpc) is 2.85. The molecule has 2 rings (SSSR count). The summed E-state index contributed by atoms with van der Waals surface area (Å²) < 4.78 is 6.77. The standard InChI is InChI=1S/C15H18ClN3O3/c1-9(8-22-3)19-7-12(10(2)18-19)15(21)17-13-6-11(16)4-5-14(13)20/h4-7,9,20H,8H2,1-3H3,(H,17,21)/t9-/m0/s1. The van der Waals surface area contributed by atoms with E-state index in [1.54, 1.807) is 31.0 Å². The molecule has 0 spiro atoms. The van der Waals surface area contributed by atoms with Crippen molar-refractivity contribution in [2.24, 2.45) is 0 Å². The van der Waals surface area contributed by atoms with Crippen molar-refractivity contribution in [3.63, 3.8) is 0 Å². The van der Waals surface area contributed by atoms with Crippen LogP contribution in [-0.4, -0.2) is 34.5 Å². The van der Waals surface area contributed by atoms with E-state index in [1.807, 2.05) is 6.92 Å². The molecule has 0 aliphatic heterocycles. The van der Waals surface area contributed by atoms with Crippen molar-refractivity contribution in [3.05, 3.63) is 40.7 Å². The number of nitrogens with zero attached hydrogens (tertiary/aromatic N) is 2. The predicted octanol–water partition coefficient (Wildman–Crippen LogP) is 3.01. The van der Waals surface area contributed by atoms with Crippen LogP contribution in [-0.2, 0) is 4.74 Å². The third kappa shape index (κ3) is 3.58. The van der Waals surface area contributed by atoms with Crippen molar-refractivity contribution >= 4 is 23.2 Å².